The van der Waals surface area contributed by atoms with Crippen LogP contribution in [0.5, 0.6) is 0 Å². The summed E-state index contributed by atoms with van der Waals surface area (Å²) in [5.74, 6) is 1.11. The number of aromatic nitrogens is 3. The van der Waals surface area contributed by atoms with Gasteiger partial charge in [-0.15, -0.1) is 10.2 Å². The molecule has 1 aromatic heterocycles. The van der Waals surface area contributed by atoms with E-state index in [1.807, 2.05) is 14.0 Å². The molecule has 2 aromatic rings. The Morgan fingerprint density at radius 2 is 1.86 bits per heavy atom. The number of benzene rings is 1. The van der Waals surface area contributed by atoms with Crippen LogP contribution in [0.3, 0.4) is 0 Å². The highest BCUT2D eigenvalue weighted by Gasteiger charge is 2.14. The van der Waals surface area contributed by atoms with Crippen molar-refractivity contribution in [2.75, 3.05) is 5.75 Å². The predicted octanol–water partition coefficient (Wildman–Crippen LogP) is 2.40. The summed E-state index contributed by atoms with van der Waals surface area (Å²) in [6.45, 7) is 6.38. The largest absolute Gasteiger partial charge is 0.370 e. The molecule has 1 aromatic carbocycles. The second kappa shape index (κ2) is 10.3. The average Bonchev–Trinajstić information content (AvgIpc) is 2.98. The van der Waals surface area contributed by atoms with Crippen LogP contribution in [0.25, 0.3) is 0 Å². The molecule has 7 nitrogen and oxygen atoms in total. The van der Waals surface area contributed by atoms with Gasteiger partial charge in [0.25, 0.3) is 0 Å². The number of carbonyl (C=O) groups excluding carboxylic acids is 2. The fourth-order valence-electron chi connectivity index (χ4n) is 2.83. The SMILES string of the molecule is CC(C)Cc1ccc([C@H](C)NC(=O)CSc2nnc(CCC(N)=O)n2C)cc1. The van der Waals surface area contributed by atoms with E-state index in [1.165, 1.54) is 17.3 Å². The summed E-state index contributed by atoms with van der Waals surface area (Å²) in [6, 6.07) is 8.33. The van der Waals surface area contributed by atoms with E-state index in [0.29, 0.717) is 23.3 Å². The van der Waals surface area contributed by atoms with Gasteiger partial charge in [0.2, 0.25) is 11.8 Å². The van der Waals surface area contributed by atoms with Gasteiger partial charge >= 0.3 is 0 Å². The molecule has 0 saturated carbocycles. The Kier molecular flexibility index (Phi) is 8.04. The van der Waals surface area contributed by atoms with Gasteiger partial charge in [0.1, 0.15) is 5.82 Å². The lowest BCUT2D eigenvalue weighted by molar-refractivity contribution is -0.119. The summed E-state index contributed by atoms with van der Waals surface area (Å²) in [4.78, 5) is 23.2. The standard InChI is InChI=1S/C20H29N5O2S/c1-13(2)11-15-5-7-16(8-6-15)14(3)22-19(27)12-28-20-24-23-18(25(20)4)10-9-17(21)26/h5-8,13-14H,9-12H2,1-4H3,(H2,21,26)(H,22,27)/t14-/m0/s1. The van der Waals surface area contributed by atoms with Gasteiger partial charge < -0.3 is 15.6 Å². The van der Waals surface area contributed by atoms with Crippen molar-refractivity contribution in [2.24, 2.45) is 18.7 Å². The van der Waals surface area contributed by atoms with Crippen molar-refractivity contribution in [3.63, 3.8) is 0 Å². The average molecular weight is 404 g/mol. The Labute approximate surface area is 170 Å². The van der Waals surface area contributed by atoms with E-state index in [9.17, 15) is 9.59 Å². The van der Waals surface area contributed by atoms with Gasteiger partial charge in [-0.3, -0.25) is 9.59 Å². The van der Waals surface area contributed by atoms with Gasteiger partial charge in [0.05, 0.1) is 11.8 Å². The molecule has 0 spiro atoms. The Hall–Kier alpha value is -2.35. The highest BCUT2D eigenvalue weighted by atomic mass is 32.2. The van der Waals surface area contributed by atoms with Crippen molar-refractivity contribution >= 4 is 23.6 Å². The molecule has 0 unspecified atom stereocenters. The van der Waals surface area contributed by atoms with Crippen LogP contribution in [0.2, 0.25) is 0 Å². The highest BCUT2D eigenvalue weighted by molar-refractivity contribution is 7.99. The van der Waals surface area contributed by atoms with E-state index < -0.39 is 0 Å². The Morgan fingerprint density at radius 3 is 2.46 bits per heavy atom. The molecule has 0 radical (unpaired) electrons. The molecule has 28 heavy (non-hydrogen) atoms. The molecule has 8 heteroatoms. The summed E-state index contributed by atoms with van der Waals surface area (Å²) < 4.78 is 1.79. The third-order valence-electron chi connectivity index (χ3n) is 4.35. The van der Waals surface area contributed by atoms with Crippen molar-refractivity contribution in [1.29, 1.82) is 0 Å². The van der Waals surface area contributed by atoms with E-state index in [2.05, 4.69) is 53.6 Å². The summed E-state index contributed by atoms with van der Waals surface area (Å²) >= 11 is 1.32. The number of rotatable bonds is 10. The zero-order valence-corrected chi connectivity index (χ0v) is 17.8. The minimum absolute atomic E-state index is 0.0631. The summed E-state index contributed by atoms with van der Waals surface area (Å²) in [5, 5.41) is 11.8. The second-order valence-corrected chi connectivity index (χ2v) is 8.28. The van der Waals surface area contributed by atoms with Crippen LogP contribution in [0, 0.1) is 5.92 Å². The molecule has 1 atom stereocenters. The van der Waals surface area contributed by atoms with Crippen LogP contribution >= 0.6 is 11.8 Å². The molecule has 2 rings (SSSR count). The van der Waals surface area contributed by atoms with Crippen molar-refractivity contribution < 1.29 is 9.59 Å². The first-order valence-electron chi connectivity index (χ1n) is 9.43. The van der Waals surface area contributed by atoms with Gasteiger partial charge in [0, 0.05) is 19.9 Å². The number of nitrogens with one attached hydrogen (secondary N) is 1. The maximum atomic E-state index is 12.3. The number of hydrogen-bond donors (Lipinski definition) is 2. The van der Waals surface area contributed by atoms with Crippen LogP contribution < -0.4 is 11.1 Å². The molecule has 152 valence electrons. The third-order valence-corrected chi connectivity index (χ3v) is 5.37. The van der Waals surface area contributed by atoms with E-state index in [4.69, 9.17) is 5.73 Å². The van der Waals surface area contributed by atoms with E-state index in [0.717, 1.165) is 12.0 Å². The van der Waals surface area contributed by atoms with Crippen molar-refractivity contribution in [3.8, 4) is 0 Å². The number of hydrogen-bond acceptors (Lipinski definition) is 5. The maximum Gasteiger partial charge on any atom is 0.230 e. The minimum atomic E-state index is -0.372. The summed E-state index contributed by atoms with van der Waals surface area (Å²) in [6.07, 6.45) is 1.72. The normalized spacial score (nSPS) is 12.2. The first-order valence-corrected chi connectivity index (χ1v) is 10.4. The Morgan fingerprint density at radius 1 is 1.18 bits per heavy atom. The number of nitrogens with zero attached hydrogens (tertiary/aromatic N) is 3. The molecular weight excluding hydrogens is 374 g/mol. The van der Waals surface area contributed by atoms with Crippen LogP contribution in [-0.4, -0.2) is 32.3 Å². The fraction of sp³-hybridized carbons (Fsp3) is 0.500. The van der Waals surface area contributed by atoms with Crippen LogP contribution in [-0.2, 0) is 29.5 Å². The zero-order chi connectivity index (χ0) is 20.7. The Bertz CT molecular complexity index is 801. The molecule has 0 saturated heterocycles. The smallest absolute Gasteiger partial charge is 0.230 e. The lowest BCUT2D eigenvalue weighted by Crippen LogP contribution is -2.28. The number of aryl methyl sites for hydroxylation is 1. The number of thioether (sulfide) groups is 1. The van der Waals surface area contributed by atoms with Crippen LogP contribution in [0.1, 0.15) is 50.2 Å². The molecule has 0 fully saturated rings. The lowest BCUT2D eigenvalue weighted by atomic mass is 10.00. The zero-order valence-electron chi connectivity index (χ0n) is 16.9. The predicted molar refractivity (Wildman–Crippen MR) is 111 cm³/mol. The molecule has 3 N–H and O–H groups in total. The second-order valence-electron chi connectivity index (χ2n) is 7.34. The topological polar surface area (TPSA) is 103 Å². The quantitative estimate of drug-likeness (QED) is 0.593. The van der Waals surface area contributed by atoms with Crippen molar-refractivity contribution in [2.45, 2.75) is 51.2 Å². The first-order chi connectivity index (χ1) is 13.3. The van der Waals surface area contributed by atoms with E-state index >= 15 is 0 Å². The molecule has 2 amide bonds. The highest BCUT2D eigenvalue weighted by Crippen LogP contribution is 2.18. The molecular formula is C20H29N5O2S. The van der Waals surface area contributed by atoms with Crippen molar-refractivity contribution in [1.82, 2.24) is 20.1 Å². The molecule has 1 heterocycles. The van der Waals surface area contributed by atoms with Gasteiger partial charge in [0.15, 0.2) is 5.16 Å². The molecule has 0 aliphatic carbocycles. The summed E-state index contributed by atoms with van der Waals surface area (Å²) in [7, 11) is 1.82. The third kappa shape index (κ3) is 6.67. The number of amides is 2. The fourth-order valence-corrected chi connectivity index (χ4v) is 3.57. The van der Waals surface area contributed by atoms with Gasteiger partial charge in [-0.25, -0.2) is 0 Å². The molecule has 0 aliphatic heterocycles. The van der Waals surface area contributed by atoms with Crippen LogP contribution in [0.15, 0.2) is 29.4 Å². The number of nitrogens with two attached hydrogens (primary N) is 1. The lowest BCUT2D eigenvalue weighted by Gasteiger charge is -2.15. The summed E-state index contributed by atoms with van der Waals surface area (Å²) in [5.41, 5.74) is 7.55. The Balaban J connectivity index is 1.84. The van der Waals surface area contributed by atoms with Gasteiger partial charge in [-0.2, -0.15) is 0 Å². The van der Waals surface area contributed by atoms with E-state index in [1.54, 1.807) is 4.57 Å². The van der Waals surface area contributed by atoms with E-state index in [-0.39, 0.29) is 30.0 Å². The van der Waals surface area contributed by atoms with Gasteiger partial charge in [-0.05, 0) is 30.4 Å². The molecule has 0 bridgehead atoms. The minimum Gasteiger partial charge on any atom is -0.370 e. The van der Waals surface area contributed by atoms with Crippen LogP contribution in [0.4, 0.5) is 0 Å². The van der Waals surface area contributed by atoms with Gasteiger partial charge in [-0.1, -0.05) is 49.9 Å². The molecule has 0 aliphatic rings. The number of carbonyl (C=O) groups is 2. The van der Waals surface area contributed by atoms with Crippen molar-refractivity contribution in [3.05, 3.63) is 41.2 Å². The number of primary amides is 1. The first kappa shape index (κ1) is 21.9. The maximum absolute atomic E-state index is 12.3. The monoisotopic (exact) mass is 403 g/mol.